The highest BCUT2D eigenvalue weighted by atomic mass is 16.4. The van der Waals surface area contributed by atoms with Gasteiger partial charge in [0.1, 0.15) is 13.1 Å². The van der Waals surface area contributed by atoms with Crippen LogP contribution in [0, 0.1) is 0 Å². The standard InChI is InChI=1S/2C6H7NO5/c2*8-4(1-2-5(9)10)7-3-6(11)12/h2*1-2H,3H2,(H,7,8)(H,9,10)(H,11,12)/b2*2-1-. The predicted octanol–water partition coefficient (Wildman–Crippen LogP) is -2.34. The van der Waals surface area contributed by atoms with Crippen LogP contribution in [0.25, 0.3) is 0 Å². The van der Waals surface area contributed by atoms with E-state index in [-0.39, 0.29) is 0 Å². The second-order valence-electron chi connectivity index (χ2n) is 3.57. The van der Waals surface area contributed by atoms with Gasteiger partial charge in [-0.05, 0) is 0 Å². The summed E-state index contributed by atoms with van der Waals surface area (Å²) in [6, 6.07) is 0. The van der Waals surface area contributed by atoms with Crippen LogP contribution in [0.2, 0.25) is 0 Å². The van der Waals surface area contributed by atoms with Gasteiger partial charge in [0, 0.05) is 24.3 Å². The molecule has 0 unspecified atom stereocenters. The van der Waals surface area contributed by atoms with E-state index in [2.05, 4.69) is 0 Å². The molecule has 0 aliphatic carbocycles. The second kappa shape index (κ2) is 13.0. The summed E-state index contributed by atoms with van der Waals surface area (Å²) in [5.74, 6) is -6.40. The highest BCUT2D eigenvalue weighted by molar-refractivity contribution is 5.95. The normalized spacial score (nSPS) is 9.67. The summed E-state index contributed by atoms with van der Waals surface area (Å²) in [7, 11) is 0. The largest absolute Gasteiger partial charge is 0.480 e. The van der Waals surface area contributed by atoms with Crippen molar-refractivity contribution in [2.75, 3.05) is 13.1 Å². The molecule has 132 valence electrons. The molecule has 0 fully saturated rings. The molecule has 0 atom stereocenters. The molecule has 0 heterocycles. The van der Waals surface area contributed by atoms with Crippen molar-refractivity contribution in [2.24, 2.45) is 0 Å². The lowest BCUT2D eigenvalue weighted by atomic mass is 10.4. The van der Waals surface area contributed by atoms with E-state index >= 15 is 0 Å². The zero-order valence-electron chi connectivity index (χ0n) is 12.0. The molecule has 24 heavy (non-hydrogen) atoms. The van der Waals surface area contributed by atoms with Crippen molar-refractivity contribution >= 4 is 35.7 Å². The SMILES string of the molecule is O=C(O)/C=C\C(=O)NCC(=O)O.O=C(O)/C=C\C(=O)NCC(=O)O. The Morgan fingerprint density at radius 2 is 0.875 bits per heavy atom. The minimum atomic E-state index is -1.26. The van der Waals surface area contributed by atoms with E-state index in [4.69, 9.17) is 20.4 Å². The number of hydrogen-bond acceptors (Lipinski definition) is 6. The van der Waals surface area contributed by atoms with E-state index in [9.17, 15) is 28.8 Å². The van der Waals surface area contributed by atoms with Gasteiger partial charge in [-0.1, -0.05) is 0 Å². The zero-order chi connectivity index (χ0) is 19.1. The lowest BCUT2D eigenvalue weighted by Gasteiger charge is -1.94. The molecule has 0 aliphatic heterocycles. The van der Waals surface area contributed by atoms with E-state index in [1.165, 1.54) is 0 Å². The van der Waals surface area contributed by atoms with Crippen molar-refractivity contribution in [2.45, 2.75) is 0 Å². The van der Waals surface area contributed by atoms with Crippen molar-refractivity contribution < 1.29 is 49.2 Å². The molecule has 0 saturated heterocycles. The molecule has 0 saturated carbocycles. The molecule has 0 spiro atoms. The molecule has 0 aliphatic rings. The molecule has 0 rings (SSSR count). The Bertz CT molecular complexity index is 514. The minimum absolute atomic E-state index is 0.525. The molecule has 12 nitrogen and oxygen atoms in total. The van der Waals surface area contributed by atoms with Crippen molar-refractivity contribution in [3.05, 3.63) is 24.3 Å². The maximum atomic E-state index is 10.5. The number of carbonyl (C=O) groups is 6. The Hall–Kier alpha value is -3.70. The van der Waals surface area contributed by atoms with Crippen molar-refractivity contribution in [1.29, 1.82) is 0 Å². The smallest absolute Gasteiger partial charge is 0.328 e. The Morgan fingerprint density at radius 3 is 1.08 bits per heavy atom. The zero-order valence-corrected chi connectivity index (χ0v) is 12.0. The average Bonchev–Trinajstić information content (AvgIpc) is 2.47. The number of hydrogen-bond donors (Lipinski definition) is 6. The number of carbonyl (C=O) groups excluding carboxylic acids is 2. The number of amides is 2. The summed E-state index contributed by atoms with van der Waals surface area (Å²) >= 11 is 0. The molecular weight excluding hydrogens is 332 g/mol. The molecule has 0 radical (unpaired) electrons. The van der Waals surface area contributed by atoms with Crippen LogP contribution in [0.1, 0.15) is 0 Å². The lowest BCUT2D eigenvalue weighted by Crippen LogP contribution is -2.27. The summed E-state index contributed by atoms with van der Waals surface area (Å²) in [4.78, 5) is 60.5. The quantitative estimate of drug-likeness (QED) is 0.258. The number of rotatable bonds is 8. The average molecular weight is 346 g/mol. The molecule has 0 aromatic heterocycles. The number of carboxylic acid groups (broad SMARTS) is 4. The van der Waals surface area contributed by atoms with E-state index < -0.39 is 48.8 Å². The second-order valence-corrected chi connectivity index (χ2v) is 3.57. The van der Waals surface area contributed by atoms with E-state index in [0.29, 0.717) is 12.2 Å². The molecule has 6 N–H and O–H groups in total. The molecule has 2 amide bonds. The fourth-order valence-electron chi connectivity index (χ4n) is 0.737. The first kappa shape index (κ1) is 22.6. The van der Waals surface area contributed by atoms with Crippen LogP contribution in [0.3, 0.4) is 0 Å². The van der Waals surface area contributed by atoms with E-state index in [1.54, 1.807) is 0 Å². The maximum absolute atomic E-state index is 10.5. The Kier molecular flexibility index (Phi) is 12.2. The molecule has 0 bridgehead atoms. The van der Waals surface area contributed by atoms with Gasteiger partial charge in [-0.3, -0.25) is 19.2 Å². The van der Waals surface area contributed by atoms with Gasteiger partial charge in [-0.25, -0.2) is 9.59 Å². The van der Waals surface area contributed by atoms with Crippen LogP contribution in [0.4, 0.5) is 0 Å². The number of nitrogens with one attached hydrogen (secondary N) is 2. The van der Waals surface area contributed by atoms with Crippen LogP contribution in [-0.4, -0.2) is 69.2 Å². The van der Waals surface area contributed by atoms with Crippen molar-refractivity contribution in [3.63, 3.8) is 0 Å². The third kappa shape index (κ3) is 20.6. The van der Waals surface area contributed by atoms with Gasteiger partial charge in [0.25, 0.3) is 0 Å². The fraction of sp³-hybridized carbons (Fsp3) is 0.167. The van der Waals surface area contributed by atoms with Gasteiger partial charge in [0.05, 0.1) is 0 Å². The van der Waals surface area contributed by atoms with Crippen molar-refractivity contribution in [3.8, 4) is 0 Å². The van der Waals surface area contributed by atoms with Gasteiger partial charge in [0.2, 0.25) is 11.8 Å². The number of aliphatic carboxylic acids is 4. The fourth-order valence-corrected chi connectivity index (χ4v) is 0.737. The van der Waals surface area contributed by atoms with Gasteiger partial charge < -0.3 is 31.1 Å². The van der Waals surface area contributed by atoms with Crippen LogP contribution >= 0.6 is 0 Å². The lowest BCUT2D eigenvalue weighted by molar-refractivity contribution is -0.137. The third-order valence-corrected chi connectivity index (χ3v) is 1.58. The van der Waals surface area contributed by atoms with Gasteiger partial charge in [0.15, 0.2) is 0 Å². The Labute approximate surface area is 134 Å². The van der Waals surface area contributed by atoms with Crippen LogP contribution < -0.4 is 10.6 Å². The highest BCUT2D eigenvalue weighted by Crippen LogP contribution is 1.74. The first-order valence-corrected chi connectivity index (χ1v) is 5.85. The van der Waals surface area contributed by atoms with Gasteiger partial charge in [-0.15, -0.1) is 0 Å². The minimum Gasteiger partial charge on any atom is -0.480 e. The summed E-state index contributed by atoms with van der Waals surface area (Å²) < 4.78 is 0. The van der Waals surface area contributed by atoms with Crippen LogP contribution in [0.15, 0.2) is 24.3 Å². The maximum Gasteiger partial charge on any atom is 0.328 e. The number of carboxylic acids is 4. The molecular formula is C12H14N2O10. The third-order valence-electron chi connectivity index (χ3n) is 1.58. The molecule has 0 aromatic rings. The van der Waals surface area contributed by atoms with Gasteiger partial charge in [-0.2, -0.15) is 0 Å². The topological polar surface area (TPSA) is 207 Å². The van der Waals surface area contributed by atoms with E-state index in [1.807, 2.05) is 10.6 Å². The van der Waals surface area contributed by atoms with Crippen LogP contribution in [-0.2, 0) is 28.8 Å². The first-order valence-electron chi connectivity index (χ1n) is 5.85. The van der Waals surface area contributed by atoms with Gasteiger partial charge >= 0.3 is 23.9 Å². The Morgan fingerprint density at radius 1 is 0.583 bits per heavy atom. The Balaban J connectivity index is 0. The van der Waals surface area contributed by atoms with Crippen molar-refractivity contribution in [1.82, 2.24) is 10.6 Å². The summed E-state index contributed by atoms with van der Waals surface area (Å²) in [5, 5.41) is 36.2. The van der Waals surface area contributed by atoms with Crippen LogP contribution in [0.5, 0.6) is 0 Å². The summed E-state index contributed by atoms with van der Waals surface area (Å²) in [6.45, 7) is -1.05. The summed E-state index contributed by atoms with van der Waals surface area (Å²) in [6.07, 6.45) is 2.73. The summed E-state index contributed by atoms with van der Waals surface area (Å²) in [5.41, 5.74) is 0. The molecule has 0 aromatic carbocycles. The van der Waals surface area contributed by atoms with E-state index in [0.717, 1.165) is 12.2 Å². The highest BCUT2D eigenvalue weighted by Gasteiger charge is 2.00. The molecule has 12 heteroatoms. The predicted molar refractivity (Wildman–Crippen MR) is 74.8 cm³/mol. The monoisotopic (exact) mass is 346 g/mol. The first-order chi connectivity index (χ1) is 11.0.